The second kappa shape index (κ2) is 11.2. The molecule has 0 aromatic heterocycles. The van der Waals surface area contributed by atoms with Crippen LogP contribution in [0.15, 0.2) is 53.5 Å². The number of urea groups is 1. The predicted molar refractivity (Wildman–Crippen MR) is 133 cm³/mol. The minimum atomic E-state index is -0.694. The summed E-state index contributed by atoms with van der Waals surface area (Å²) in [6.45, 7) is 5.70. The van der Waals surface area contributed by atoms with E-state index in [4.69, 9.17) is 14.2 Å². The van der Waals surface area contributed by atoms with Crippen molar-refractivity contribution in [2.75, 3.05) is 58.5 Å². The van der Waals surface area contributed by atoms with Crippen LogP contribution in [0.4, 0.5) is 10.5 Å². The van der Waals surface area contributed by atoms with Gasteiger partial charge in [-0.1, -0.05) is 12.1 Å². The first kappa shape index (κ1) is 24.5. The summed E-state index contributed by atoms with van der Waals surface area (Å²) in [6, 6.07) is 14.4. The molecule has 2 aromatic rings. The highest BCUT2D eigenvalue weighted by Crippen LogP contribution is 2.30. The number of hydrogen-bond donors (Lipinski definition) is 1. The number of aliphatic imine (C=N–C) groups is 1. The maximum Gasteiger partial charge on any atom is 0.341 e. The molecule has 2 aliphatic heterocycles. The zero-order chi connectivity index (χ0) is 24.8. The molecule has 35 heavy (non-hydrogen) atoms. The predicted octanol–water partition coefficient (Wildman–Crippen LogP) is 2.91. The molecule has 2 unspecified atom stereocenters. The van der Waals surface area contributed by atoms with Crippen molar-refractivity contribution in [1.29, 1.82) is 0 Å². The maximum atomic E-state index is 13.0. The number of piperazine rings is 1. The molecule has 0 spiro atoms. The molecule has 0 radical (unpaired) electrons. The summed E-state index contributed by atoms with van der Waals surface area (Å²) < 4.78 is 15.9. The van der Waals surface area contributed by atoms with Crippen molar-refractivity contribution in [1.82, 2.24) is 10.2 Å². The van der Waals surface area contributed by atoms with Gasteiger partial charge in [-0.05, 0) is 48.9 Å². The van der Waals surface area contributed by atoms with E-state index >= 15 is 0 Å². The lowest BCUT2D eigenvalue weighted by atomic mass is 9.87. The lowest BCUT2D eigenvalue weighted by Gasteiger charge is -2.38. The number of methoxy groups -OCH3 is 2. The zero-order valence-corrected chi connectivity index (χ0v) is 20.4. The van der Waals surface area contributed by atoms with Crippen molar-refractivity contribution in [3.05, 3.63) is 54.1 Å². The first-order valence-electron chi connectivity index (χ1n) is 11.8. The number of hydrogen-bond acceptors (Lipinski definition) is 7. The molecule has 1 N–H and O–H groups in total. The van der Waals surface area contributed by atoms with E-state index in [9.17, 15) is 9.59 Å². The number of rotatable bonds is 8. The summed E-state index contributed by atoms with van der Waals surface area (Å²) in [5.74, 6) is 0.453. The van der Waals surface area contributed by atoms with Gasteiger partial charge in [-0.2, -0.15) is 0 Å². The normalized spacial score (nSPS) is 20.6. The maximum absolute atomic E-state index is 13.0. The van der Waals surface area contributed by atoms with E-state index < -0.39 is 18.0 Å². The number of esters is 1. The van der Waals surface area contributed by atoms with Gasteiger partial charge in [0.2, 0.25) is 0 Å². The van der Waals surface area contributed by atoms with Gasteiger partial charge in [-0.3, -0.25) is 9.69 Å². The highest BCUT2D eigenvalue weighted by molar-refractivity contribution is 6.10. The first-order valence-corrected chi connectivity index (χ1v) is 11.8. The fourth-order valence-electron chi connectivity index (χ4n) is 4.55. The Morgan fingerprint density at radius 3 is 2.14 bits per heavy atom. The highest BCUT2D eigenvalue weighted by Gasteiger charge is 2.40. The van der Waals surface area contributed by atoms with Gasteiger partial charge in [-0.25, -0.2) is 9.79 Å². The molecule has 1 saturated heterocycles. The third kappa shape index (κ3) is 5.74. The second-order valence-corrected chi connectivity index (χ2v) is 8.49. The van der Waals surface area contributed by atoms with Gasteiger partial charge in [0, 0.05) is 38.4 Å². The van der Waals surface area contributed by atoms with Gasteiger partial charge in [0.1, 0.15) is 17.4 Å². The van der Waals surface area contributed by atoms with Gasteiger partial charge < -0.3 is 24.4 Å². The number of benzene rings is 2. The van der Waals surface area contributed by atoms with Crippen LogP contribution in [0.3, 0.4) is 0 Å². The Balaban J connectivity index is 1.48. The molecule has 4 rings (SSSR count). The quantitative estimate of drug-likeness (QED) is 0.581. The van der Waals surface area contributed by atoms with Gasteiger partial charge in [0.05, 0.1) is 32.6 Å². The van der Waals surface area contributed by atoms with E-state index in [0.29, 0.717) is 18.0 Å². The second-order valence-electron chi connectivity index (χ2n) is 8.49. The Kier molecular flexibility index (Phi) is 7.87. The van der Waals surface area contributed by atoms with E-state index in [0.717, 1.165) is 43.2 Å². The number of anilines is 1. The molecular formula is C26H32N4O5. The van der Waals surface area contributed by atoms with Crippen LogP contribution >= 0.6 is 0 Å². The molecule has 2 aromatic carbocycles. The van der Waals surface area contributed by atoms with Crippen molar-refractivity contribution >= 4 is 23.4 Å². The molecular weight excluding hydrogens is 448 g/mol. The van der Waals surface area contributed by atoms with E-state index in [1.165, 1.54) is 0 Å². The van der Waals surface area contributed by atoms with Gasteiger partial charge in [0.15, 0.2) is 0 Å². The van der Waals surface area contributed by atoms with Gasteiger partial charge in [0.25, 0.3) is 0 Å². The minimum absolute atomic E-state index is 0.256. The minimum Gasteiger partial charge on any atom is -0.497 e. The smallest absolute Gasteiger partial charge is 0.341 e. The SMILES string of the molecule is CCOC(=O)C1C(CN2CCN(c3ccc(OC)cc3)CC2)=NC(=O)NC1c1ccc(OC)cc1. The molecule has 9 heteroatoms. The van der Waals surface area contributed by atoms with Gasteiger partial charge in [-0.15, -0.1) is 0 Å². The average Bonchev–Trinajstić information content (AvgIpc) is 2.89. The molecule has 0 bridgehead atoms. The van der Waals surface area contributed by atoms with Gasteiger partial charge >= 0.3 is 12.0 Å². The summed E-state index contributed by atoms with van der Waals surface area (Å²) in [6.07, 6.45) is 0. The Morgan fingerprint density at radius 2 is 1.57 bits per heavy atom. The number of ether oxygens (including phenoxy) is 3. The number of carbonyl (C=O) groups is 2. The summed E-state index contributed by atoms with van der Waals surface area (Å²) in [5.41, 5.74) is 2.48. The molecule has 2 atom stereocenters. The van der Waals surface area contributed by atoms with Crippen LogP contribution in [0.25, 0.3) is 0 Å². The molecule has 1 fully saturated rings. The third-order valence-electron chi connectivity index (χ3n) is 6.43. The lowest BCUT2D eigenvalue weighted by Crippen LogP contribution is -2.52. The van der Waals surface area contributed by atoms with Crippen molar-refractivity contribution in [3.63, 3.8) is 0 Å². The first-order chi connectivity index (χ1) is 17.0. The van der Waals surface area contributed by atoms with Crippen LogP contribution < -0.4 is 19.7 Å². The monoisotopic (exact) mass is 480 g/mol. The highest BCUT2D eigenvalue weighted by atomic mass is 16.5. The molecule has 9 nitrogen and oxygen atoms in total. The molecule has 2 aliphatic rings. The molecule has 2 heterocycles. The number of nitrogens with one attached hydrogen (secondary N) is 1. The standard InChI is InChI=1S/C26H32N4O5/c1-4-35-25(31)23-22(27-26(32)28-24(23)18-5-9-20(33-2)10-6-18)17-29-13-15-30(16-14-29)19-7-11-21(34-3)12-8-19/h5-12,23-24H,4,13-17H2,1-3H3,(H,28,32). The Morgan fingerprint density at radius 1 is 0.971 bits per heavy atom. The Bertz CT molecular complexity index is 1050. The third-order valence-corrected chi connectivity index (χ3v) is 6.43. The lowest BCUT2D eigenvalue weighted by molar-refractivity contribution is -0.146. The number of amides is 2. The van der Waals surface area contributed by atoms with Crippen LogP contribution in [0.2, 0.25) is 0 Å². The average molecular weight is 481 g/mol. The fraction of sp³-hybridized carbons (Fsp3) is 0.423. The Hall–Kier alpha value is -3.59. The van der Waals surface area contributed by atoms with Crippen LogP contribution in [0.1, 0.15) is 18.5 Å². The summed E-state index contributed by atoms with van der Waals surface area (Å²) >= 11 is 0. The molecule has 0 aliphatic carbocycles. The van der Waals surface area contributed by atoms with Crippen molar-refractivity contribution in [3.8, 4) is 11.5 Å². The van der Waals surface area contributed by atoms with Crippen LogP contribution in [0, 0.1) is 5.92 Å². The van der Waals surface area contributed by atoms with E-state index in [-0.39, 0.29) is 12.6 Å². The number of carbonyl (C=O) groups excluding carboxylic acids is 2. The summed E-state index contributed by atoms with van der Waals surface area (Å²) in [5, 5.41) is 2.86. The van der Waals surface area contributed by atoms with Crippen LogP contribution in [-0.4, -0.2) is 76.2 Å². The summed E-state index contributed by atoms with van der Waals surface area (Å²) in [4.78, 5) is 34.3. The molecule has 2 amide bonds. The molecule has 0 saturated carbocycles. The Labute approximate surface area is 205 Å². The molecule has 186 valence electrons. The fourth-order valence-corrected chi connectivity index (χ4v) is 4.55. The van der Waals surface area contributed by atoms with E-state index in [1.54, 1.807) is 21.1 Å². The number of nitrogens with zero attached hydrogens (tertiary/aromatic N) is 3. The van der Waals surface area contributed by atoms with E-state index in [1.807, 2.05) is 36.4 Å². The zero-order valence-electron chi connectivity index (χ0n) is 20.4. The largest absolute Gasteiger partial charge is 0.497 e. The topological polar surface area (TPSA) is 92.7 Å². The van der Waals surface area contributed by atoms with Crippen LogP contribution in [0.5, 0.6) is 11.5 Å². The van der Waals surface area contributed by atoms with Crippen molar-refractivity contribution in [2.24, 2.45) is 10.9 Å². The van der Waals surface area contributed by atoms with Crippen molar-refractivity contribution < 1.29 is 23.8 Å². The summed E-state index contributed by atoms with van der Waals surface area (Å²) in [7, 11) is 3.25. The van der Waals surface area contributed by atoms with E-state index in [2.05, 4.69) is 32.2 Å². The van der Waals surface area contributed by atoms with Crippen molar-refractivity contribution in [2.45, 2.75) is 13.0 Å². The van der Waals surface area contributed by atoms with Crippen LogP contribution in [-0.2, 0) is 9.53 Å².